The van der Waals surface area contributed by atoms with E-state index in [2.05, 4.69) is 46.4 Å². The van der Waals surface area contributed by atoms with E-state index in [0.717, 1.165) is 0 Å². The van der Waals surface area contributed by atoms with E-state index in [1.165, 1.54) is 33.7 Å². The highest BCUT2D eigenvalue weighted by atomic mass is 79.9. The quantitative estimate of drug-likeness (QED) is 0.881. The Balaban J connectivity index is 2.10. The normalized spacial score (nSPS) is 21.1. The molecular weight excluding hydrogens is 258 g/mol. The third kappa shape index (κ3) is 2.45. The van der Waals surface area contributed by atoms with Gasteiger partial charge in [0.05, 0.1) is 0 Å². The highest BCUT2D eigenvalue weighted by molar-refractivity contribution is 9.10. The monoisotopic (exact) mass is 271 g/mol. The Bertz CT molecular complexity index is 321. The molecule has 0 amide bonds. The van der Waals surface area contributed by atoms with Crippen molar-refractivity contribution in [3.05, 3.63) is 28.2 Å². The van der Waals surface area contributed by atoms with Crippen LogP contribution >= 0.6 is 27.7 Å². The molecule has 1 aliphatic heterocycles. The summed E-state index contributed by atoms with van der Waals surface area (Å²) in [4.78, 5) is 0. The van der Waals surface area contributed by atoms with E-state index in [0.29, 0.717) is 6.04 Å². The number of nitrogens with one attached hydrogen (secondary N) is 1. The topological polar surface area (TPSA) is 12.0 Å². The predicted octanol–water partition coefficient (Wildman–Crippen LogP) is 3.67. The SMILES string of the molecule is Cc1ccc(Br)c(N[C@@H]2CCSC2)c1. The van der Waals surface area contributed by atoms with Crippen LogP contribution in [0.15, 0.2) is 22.7 Å². The molecule has 0 aliphatic carbocycles. The lowest BCUT2D eigenvalue weighted by molar-refractivity contribution is 0.812. The molecule has 0 bridgehead atoms. The van der Waals surface area contributed by atoms with Gasteiger partial charge in [0.1, 0.15) is 0 Å². The molecule has 14 heavy (non-hydrogen) atoms. The minimum absolute atomic E-state index is 0.651. The van der Waals surface area contributed by atoms with E-state index < -0.39 is 0 Å². The molecule has 0 aromatic heterocycles. The molecule has 3 heteroatoms. The van der Waals surface area contributed by atoms with Crippen molar-refractivity contribution in [3.8, 4) is 0 Å². The molecule has 1 fully saturated rings. The summed E-state index contributed by atoms with van der Waals surface area (Å²) in [6.45, 7) is 2.13. The van der Waals surface area contributed by atoms with Crippen LogP contribution in [0.25, 0.3) is 0 Å². The van der Waals surface area contributed by atoms with Gasteiger partial charge in [-0.2, -0.15) is 11.8 Å². The lowest BCUT2D eigenvalue weighted by Crippen LogP contribution is -2.18. The lowest BCUT2D eigenvalue weighted by Gasteiger charge is -2.14. The van der Waals surface area contributed by atoms with Crippen molar-refractivity contribution in [2.24, 2.45) is 0 Å². The largest absolute Gasteiger partial charge is 0.381 e. The number of thioether (sulfide) groups is 1. The van der Waals surface area contributed by atoms with Crippen LogP contribution in [0.3, 0.4) is 0 Å². The maximum absolute atomic E-state index is 3.58. The zero-order valence-corrected chi connectivity index (χ0v) is 10.6. The molecule has 0 unspecified atom stereocenters. The Labute approximate surface area is 97.8 Å². The van der Waals surface area contributed by atoms with Crippen molar-refractivity contribution in [2.75, 3.05) is 16.8 Å². The first-order valence-corrected chi connectivity index (χ1v) is 6.81. The summed E-state index contributed by atoms with van der Waals surface area (Å²) in [5, 5.41) is 3.58. The van der Waals surface area contributed by atoms with Crippen molar-refractivity contribution >= 4 is 33.4 Å². The first-order valence-electron chi connectivity index (χ1n) is 4.86. The molecule has 1 saturated heterocycles. The Kier molecular flexibility index (Phi) is 3.39. The van der Waals surface area contributed by atoms with Gasteiger partial charge in [-0.1, -0.05) is 6.07 Å². The first-order chi connectivity index (χ1) is 6.75. The van der Waals surface area contributed by atoms with Crippen LogP contribution < -0.4 is 5.32 Å². The van der Waals surface area contributed by atoms with Crippen LogP contribution in [0.4, 0.5) is 5.69 Å². The van der Waals surface area contributed by atoms with E-state index in [1.807, 2.05) is 11.8 Å². The van der Waals surface area contributed by atoms with Gasteiger partial charge in [-0.05, 0) is 52.7 Å². The van der Waals surface area contributed by atoms with Gasteiger partial charge in [0.25, 0.3) is 0 Å². The number of hydrogen-bond donors (Lipinski definition) is 1. The zero-order chi connectivity index (χ0) is 9.97. The summed E-state index contributed by atoms with van der Waals surface area (Å²) in [5.41, 5.74) is 2.54. The van der Waals surface area contributed by atoms with Gasteiger partial charge < -0.3 is 5.32 Å². The third-order valence-corrected chi connectivity index (χ3v) is 4.27. The maximum Gasteiger partial charge on any atom is 0.0489 e. The van der Waals surface area contributed by atoms with E-state index in [1.54, 1.807) is 0 Å². The number of anilines is 1. The average Bonchev–Trinajstić information content (AvgIpc) is 2.64. The summed E-state index contributed by atoms with van der Waals surface area (Å²) in [5.74, 6) is 2.53. The van der Waals surface area contributed by atoms with Gasteiger partial charge in [0, 0.05) is 22.0 Å². The molecule has 1 atom stereocenters. The van der Waals surface area contributed by atoms with Gasteiger partial charge >= 0.3 is 0 Å². The first kappa shape index (κ1) is 10.4. The van der Waals surface area contributed by atoms with Crippen molar-refractivity contribution in [2.45, 2.75) is 19.4 Å². The number of rotatable bonds is 2. The molecular formula is C11H14BrNS. The predicted molar refractivity (Wildman–Crippen MR) is 68.2 cm³/mol. The molecule has 0 spiro atoms. The summed E-state index contributed by atoms with van der Waals surface area (Å²) >= 11 is 5.60. The van der Waals surface area contributed by atoms with Gasteiger partial charge in [0.2, 0.25) is 0 Å². The standard InChI is InChI=1S/C11H14BrNS/c1-8-2-3-10(12)11(6-8)13-9-4-5-14-7-9/h2-3,6,9,13H,4-5,7H2,1H3/t9-/m1/s1. The second-order valence-electron chi connectivity index (χ2n) is 3.69. The Morgan fingerprint density at radius 2 is 2.36 bits per heavy atom. The fourth-order valence-electron chi connectivity index (χ4n) is 1.62. The number of halogens is 1. The number of benzene rings is 1. The second kappa shape index (κ2) is 4.58. The molecule has 1 N–H and O–H groups in total. The molecule has 1 aliphatic rings. The molecule has 1 aromatic rings. The van der Waals surface area contributed by atoms with Crippen LogP contribution in [-0.4, -0.2) is 17.5 Å². The maximum atomic E-state index is 3.58. The molecule has 1 nitrogen and oxygen atoms in total. The van der Waals surface area contributed by atoms with Crippen LogP contribution in [0, 0.1) is 6.92 Å². The van der Waals surface area contributed by atoms with Gasteiger partial charge in [0.15, 0.2) is 0 Å². The summed E-state index contributed by atoms with van der Waals surface area (Å²) < 4.78 is 1.17. The van der Waals surface area contributed by atoms with E-state index in [9.17, 15) is 0 Å². The highest BCUT2D eigenvalue weighted by Gasteiger charge is 2.15. The van der Waals surface area contributed by atoms with Gasteiger partial charge in [-0.25, -0.2) is 0 Å². The summed E-state index contributed by atoms with van der Waals surface area (Å²) in [6.07, 6.45) is 1.28. The Morgan fingerprint density at radius 3 is 3.07 bits per heavy atom. The molecule has 1 heterocycles. The summed E-state index contributed by atoms with van der Waals surface area (Å²) in [6, 6.07) is 7.09. The average molecular weight is 272 g/mol. The van der Waals surface area contributed by atoms with Crippen LogP contribution in [0.1, 0.15) is 12.0 Å². The molecule has 0 radical (unpaired) electrons. The smallest absolute Gasteiger partial charge is 0.0489 e. The number of aryl methyl sites for hydroxylation is 1. The number of hydrogen-bond acceptors (Lipinski definition) is 2. The van der Waals surface area contributed by atoms with Crippen LogP contribution in [0.5, 0.6) is 0 Å². The molecule has 76 valence electrons. The highest BCUT2D eigenvalue weighted by Crippen LogP contribution is 2.27. The van der Waals surface area contributed by atoms with Gasteiger partial charge in [-0.15, -0.1) is 0 Å². The van der Waals surface area contributed by atoms with Crippen molar-refractivity contribution in [1.82, 2.24) is 0 Å². The van der Waals surface area contributed by atoms with Crippen LogP contribution in [-0.2, 0) is 0 Å². The zero-order valence-electron chi connectivity index (χ0n) is 8.22. The second-order valence-corrected chi connectivity index (χ2v) is 5.69. The third-order valence-electron chi connectivity index (χ3n) is 2.41. The van der Waals surface area contributed by atoms with Crippen LogP contribution in [0.2, 0.25) is 0 Å². The fraction of sp³-hybridized carbons (Fsp3) is 0.455. The lowest BCUT2D eigenvalue weighted by atomic mass is 10.2. The molecule has 0 saturated carbocycles. The fourth-order valence-corrected chi connectivity index (χ4v) is 3.13. The minimum atomic E-state index is 0.651. The molecule has 2 rings (SSSR count). The Morgan fingerprint density at radius 1 is 1.50 bits per heavy atom. The molecule has 1 aromatic carbocycles. The van der Waals surface area contributed by atoms with E-state index >= 15 is 0 Å². The van der Waals surface area contributed by atoms with E-state index in [4.69, 9.17) is 0 Å². The van der Waals surface area contributed by atoms with Crippen molar-refractivity contribution < 1.29 is 0 Å². The van der Waals surface area contributed by atoms with E-state index in [-0.39, 0.29) is 0 Å². The van der Waals surface area contributed by atoms with Gasteiger partial charge in [-0.3, -0.25) is 0 Å². The van der Waals surface area contributed by atoms with Crippen molar-refractivity contribution in [3.63, 3.8) is 0 Å². The summed E-state index contributed by atoms with van der Waals surface area (Å²) in [7, 11) is 0. The van der Waals surface area contributed by atoms with Crippen molar-refractivity contribution in [1.29, 1.82) is 0 Å². The minimum Gasteiger partial charge on any atom is -0.381 e. The Hall–Kier alpha value is -0.150.